The second-order valence-electron chi connectivity index (χ2n) is 5.49. The number of hydrogen-bond donors (Lipinski definition) is 2. The number of hydrogen-bond acceptors (Lipinski definition) is 4. The van der Waals surface area contributed by atoms with E-state index in [1.807, 2.05) is 12.1 Å². The molecule has 0 atom stereocenters. The van der Waals surface area contributed by atoms with E-state index in [0.29, 0.717) is 0 Å². The van der Waals surface area contributed by atoms with Crippen LogP contribution in [0.25, 0.3) is 11.4 Å². The summed E-state index contributed by atoms with van der Waals surface area (Å²) in [5.74, 6) is 7.20. The largest absolute Gasteiger partial charge is 0.308 e. The second-order valence-corrected chi connectivity index (χ2v) is 6.34. The standard InChI is InChI=1S/C16H19BrN4/c1-10-9-11(7-8-13(10)17)15-19-14-6-4-2-3-5-12(14)16(20-15)21-18/h7-9H,2-6,18H2,1H3,(H,19,20,21). The van der Waals surface area contributed by atoms with Gasteiger partial charge in [-0.25, -0.2) is 15.8 Å². The van der Waals surface area contributed by atoms with Gasteiger partial charge < -0.3 is 5.43 Å². The fraction of sp³-hybridized carbons (Fsp3) is 0.375. The Morgan fingerprint density at radius 2 is 1.95 bits per heavy atom. The number of rotatable bonds is 2. The molecule has 1 aromatic heterocycles. The van der Waals surface area contributed by atoms with Crippen LogP contribution < -0.4 is 11.3 Å². The van der Waals surface area contributed by atoms with E-state index in [2.05, 4.69) is 39.3 Å². The molecule has 110 valence electrons. The first-order chi connectivity index (χ1) is 10.2. The van der Waals surface area contributed by atoms with Crippen molar-refractivity contribution in [3.63, 3.8) is 0 Å². The van der Waals surface area contributed by atoms with Crippen molar-refractivity contribution in [2.24, 2.45) is 5.84 Å². The summed E-state index contributed by atoms with van der Waals surface area (Å²) in [6.07, 6.45) is 5.63. The quantitative estimate of drug-likeness (QED) is 0.493. The summed E-state index contributed by atoms with van der Waals surface area (Å²) < 4.78 is 1.10. The minimum absolute atomic E-state index is 0.749. The average Bonchev–Trinajstić information content (AvgIpc) is 2.74. The zero-order valence-electron chi connectivity index (χ0n) is 12.1. The van der Waals surface area contributed by atoms with Crippen molar-refractivity contribution in [3.8, 4) is 11.4 Å². The predicted octanol–water partition coefficient (Wildman–Crippen LogP) is 3.77. The SMILES string of the molecule is Cc1cc(-c2nc3c(c(NN)n2)CCCCC3)ccc1Br. The van der Waals surface area contributed by atoms with Gasteiger partial charge in [0.1, 0.15) is 5.82 Å². The van der Waals surface area contributed by atoms with Crippen molar-refractivity contribution in [2.75, 3.05) is 5.43 Å². The maximum Gasteiger partial charge on any atom is 0.161 e. The molecule has 0 unspecified atom stereocenters. The van der Waals surface area contributed by atoms with Gasteiger partial charge in [-0.1, -0.05) is 28.4 Å². The summed E-state index contributed by atoms with van der Waals surface area (Å²) in [6, 6.07) is 6.17. The highest BCUT2D eigenvalue weighted by atomic mass is 79.9. The van der Waals surface area contributed by atoms with Gasteiger partial charge in [0.05, 0.1) is 0 Å². The molecule has 0 spiro atoms. The van der Waals surface area contributed by atoms with Crippen LogP contribution in [-0.2, 0) is 12.8 Å². The topological polar surface area (TPSA) is 63.8 Å². The van der Waals surface area contributed by atoms with Gasteiger partial charge in [0, 0.05) is 21.3 Å². The van der Waals surface area contributed by atoms with E-state index in [1.165, 1.54) is 30.4 Å². The van der Waals surface area contributed by atoms with Gasteiger partial charge in [-0.15, -0.1) is 0 Å². The third-order valence-corrected chi connectivity index (χ3v) is 4.88. The van der Waals surface area contributed by atoms with Crippen LogP contribution in [0, 0.1) is 6.92 Å². The molecule has 2 aromatic rings. The number of aromatic nitrogens is 2. The number of fused-ring (bicyclic) bond motifs is 1. The summed E-state index contributed by atoms with van der Waals surface area (Å²) in [4.78, 5) is 9.43. The van der Waals surface area contributed by atoms with Crippen LogP contribution in [-0.4, -0.2) is 9.97 Å². The summed E-state index contributed by atoms with van der Waals surface area (Å²) in [6.45, 7) is 2.07. The zero-order valence-corrected chi connectivity index (χ0v) is 13.7. The number of hydrazine groups is 1. The fourth-order valence-electron chi connectivity index (χ4n) is 2.80. The Morgan fingerprint density at radius 3 is 2.71 bits per heavy atom. The molecule has 0 saturated heterocycles. The Bertz CT molecular complexity index is 670. The maximum atomic E-state index is 5.68. The number of benzene rings is 1. The molecule has 0 bridgehead atoms. The highest BCUT2D eigenvalue weighted by Gasteiger charge is 2.17. The molecule has 1 aromatic carbocycles. The Hall–Kier alpha value is -1.46. The summed E-state index contributed by atoms with van der Waals surface area (Å²) in [5.41, 5.74) is 7.29. The Morgan fingerprint density at radius 1 is 1.14 bits per heavy atom. The molecular formula is C16H19BrN4. The molecule has 0 amide bonds. The highest BCUT2D eigenvalue weighted by Crippen LogP contribution is 2.29. The highest BCUT2D eigenvalue weighted by molar-refractivity contribution is 9.10. The summed E-state index contributed by atoms with van der Waals surface area (Å²) >= 11 is 3.53. The van der Waals surface area contributed by atoms with Crippen molar-refractivity contribution >= 4 is 21.7 Å². The van der Waals surface area contributed by atoms with Gasteiger partial charge >= 0.3 is 0 Å². The van der Waals surface area contributed by atoms with Gasteiger partial charge in [-0.3, -0.25) is 0 Å². The van der Waals surface area contributed by atoms with Crippen LogP contribution >= 0.6 is 15.9 Å². The van der Waals surface area contributed by atoms with Gasteiger partial charge in [0.15, 0.2) is 5.82 Å². The van der Waals surface area contributed by atoms with Crippen molar-refractivity contribution in [1.82, 2.24) is 9.97 Å². The lowest BCUT2D eigenvalue weighted by Gasteiger charge is -2.13. The van der Waals surface area contributed by atoms with Crippen LogP contribution in [0.1, 0.15) is 36.1 Å². The Labute approximate surface area is 133 Å². The van der Waals surface area contributed by atoms with Crippen molar-refractivity contribution in [3.05, 3.63) is 39.5 Å². The van der Waals surface area contributed by atoms with Gasteiger partial charge in [0.2, 0.25) is 0 Å². The summed E-state index contributed by atoms with van der Waals surface area (Å²) in [5, 5.41) is 0. The Kier molecular flexibility index (Phi) is 4.22. The third kappa shape index (κ3) is 2.94. The molecular weight excluding hydrogens is 328 g/mol. The van der Waals surface area contributed by atoms with Crippen LogP contribution in [0.4, 0.5) is 5.82 Å². The number of nitrogens with one attached hydrogen (secondary N) is 1. The molecule has 3 rings (SSSR count). The van der Waals surface area contributed by atoms with Gasteiger partial charge in [-0.05, 0) is 50.3 Å². The molecule has 21 heavy (non-hydrogen) atoms. The van der Waals surface area contributed by atoms with Crippen molar-refractivity contribution in [2.45, 2.75) is 39.0 Å². The van der Waals surface area contributed by atoms with Crippen LogP contribution in [0.15, 0.2) is 22.7 Å². The second kappa shape index (κ2) is 6.12. The van der Waals surface area contributed by atoms with Gasteiger partial charge in [0.25, 0.3) is 0 Å². The van der Waals surface area contributed by atoms with Crippen LogP contribution in [0.3, 0.4) is 0 Å². The lowest BCUT2D eigenvalue weighted by Crippen LogP contribution is -2.14. The van der Waals surface area contributed by atoms with E-state index in [1.54, 1.807) is 0 Å². The molecule has 0 aliphatic heterocycles. The monoisotopic (exact) mass is 346 g/mol. The smallest absolute Gasteiger partial charge is 0.161 e. The van der Waals surface area contributed by atoms with E-state index in [9.17, 15) is 0 Å². The third-order valence-electron chi connectivity index (χ3n) is 3.99. The molecule has 5 heteroatoms. The molecule has 0 radical (unpaired) electrons. The first kappa shape index (κ1) is 14.5. The van der Waals surface area contributed by atoms with E-state index < -0.39 is 0 Å². The van der Waals surface area contributed by atoms with Gasteiger partial charge in [-0.2, -0.15) is 0 Å². The summed E-state index contributed by atoms with van der Waals surface area (Å²) in [7, 11) is 0. The normalized spacial score (nSPS) is 14.4. The lowest BCUT2D eigenvalue weighted by atomic mass is 10.1. The van der Waals surface area contributed by atoms with Crippen molar-refractivity contribution in [1.29, 1.82) is 0 Å². The van der Waals surface area contributed by atoms with E-state index in [0.717, 1.165) is 40.2 Å². The molecule has 1 aliphatic carbocycles. The number of anilines is 1. The number of nitrogen functional groups attached to an aromatic ring is 1. The van der Waals surface area contributed by atoms with Crippen LogP contribution in [0.2, 0.25) is 0 Å². The average molecular weight is 347 g/mol. The number of aryl methyl sites for hydroxylation is 2. The minimum atomic E-state index is 0.749. The zero-order chi connectivity index (χ0) is 14.8. The molecule has 1 heterocycles. The molecule has 4 nitrogen and oxygen atoms in total. The van der Waals surface area contributed by atoms with E-state index >= 15 is 0 Å². The number of halogens is 1. The molecule has 0 saturated carbocycles. The van der Waals surface area contributed by atoms with E-state index in [-0.39, 0.29) is 0 Å². The number of nitrogens with two attached hydrogens (primary N) is 1. The molecule has 3 N–H and O–H groups in total. The maximum absolute atomic E-state index is 5.68. The minimum Gasteiger partial charge on any atom is -0.308 e. The predicted molar refractivity (Wildman–Crippen MR) is 89.0 cm³/mol. The Balaban J connectivity index is 2.10. The van der Waals surface area contributed by atoms with Crippen molar-refractivity contribution < 1.29 is 0 Å². The molecule has 1 aliphatic rings. The number of nitrogens with zero attached hydrogens (tertiary/aromatic N) is 2. The van der Waals surface area contributed by atoms with E-state index in [4.69, 9.17) is 10.8 Å². The lowest BCUT2D eigenvalue weighted by molar-refractivity contribution is 0.709. The fourth-order valence-corrected chi connectivity index (χ4v) is 3.05. The first-order valence-electron chi connectivity index (χ1n) is 7.32. The molecule has 0 fully saturated rings. The first-order valence-corrected chi connectivity index (χ1v) is 8.11. The van der Waals surface area contributed by atoms with Crippen LogP contribution in [0.5, 0.6) is 0 Å².